The molecule has 2 rings (SSSR count). The molecule has 0 radical (unpaired) electrons. The Morgan fingerprint density at radius 2 is 1.88 bits per heavy atom. The first kappa shape index (κ1) is 18.7. The number of aliphatic carboxylic acids is 1. The normalized spacial score (nSPS) is 19.7. The number of carboxylic acids is 1. The van der Waals surface area contributed by atoms with Crippen molar-refractivity contribution in [2.75, 3.05) is 28.3 Å². The largest absolute Gasteiger partial charge is 0.479 e. The number of nitrogens with one attached hydrogen (secondary N) is 2. The van der Waals surface area contributed by atoms with Crippen molar-refractivity contribution in [2.24, 2.45) is 0 Å². The van der Waals surface area contributed by atoms with E-state index in [2.05, 4.69) is 10.6 Å². The van der Waals surface area contributed by atoms with Crippen LogP contribution in [0.4, 0.5) is 5.69 Å². The molecule has 1 saturated heterocycles. The van der Waals surface area contributed by atoms with Crippen LogP contribution in [0.15, 0.2) is 24.3 Å². The molecule has 0 spiro atoms. The molecule has 0 saturated carbocycles. The maximum atomic E-state index is 11.9. The van der Waals surface area contributed by atoms with Gasteiger partial charge in [0.25, 0.3) is 0 Å². The van der Waals surface area contributed by atoms with E-state index in [0.29, 0.717) is 17.9 Å². The summed E-state index contributed by atoms with van der Waals surface area (Å²) in [6.07, 6.45) is 0.428. The molecule has 0 aliphatic carbocycles. The molecule has 1 aromatic carbocycles. The predicted octanol–water partition coefficient (Wildman–Crippen LogP) is 1.74. The Hall–Kier alpha value is -1.67. The zero-order valence-corrected chi connectivity index (χ0v) is 15.0. The van der Waals surface area contributed by atoms with E-state index in [-0.39, 0.29) is 23.3 Å². The van der Waals surface area contributed by atoms with Crippen LogP contribution in [-0.2, 0) is 14.4 Å². The number of amides is 2. The maximum Gasteiger partial charge on any atom is 0.330 e. The van der Waals surface area contributed by atoms with Crippen molar-refractivity contribution in [1.82, 2.24) is 5.32 Å². The Morgan fingerprint density at radius 1 is 1.21 bits per heavy atom. The molecule has 2 amide bonds. The minimum absolute atomic E-state index is 0.0566. The van der Waals surface area contributed by atoms with Crippen LogP contribution in [0.2, 0.25) is 0 Å². The molecule has 24 heavy (non-hydrogen) atoms. The van der Waals surface area contributed by atoms with Gasteiger partial charge in [-0.15, -0.1) is 11.8 Å². The first-order valence-electron chi connectivity index (χ1n) is 7.48. The number of aryl methyl sites for hydroxylation is 1. The van der Waals surface area contributed by atoms with Gasteiger partial charge in [0, 0.05) is 11.4 Å². The van der Waals surface area contributed by atoms with Crippen LogP contribution in [0.1, 0.15) is 12.0 Å². The van der Waals surface area contributed by atoms with E-state index in [9.17, 15) is 19.5 Å². The maximum absolute atomic E-state index is 11.9. The lowest BCUT2D eigenvalue weighted by molar-refractivity contribution is -0.146. The number of hydrogen-bond donors (Lipinski definition) is 3. The predicted molar refractivity (Wildman–Crippen MR) is 97.6 cm³/mol. The third-order valence-electron chi connectivity index (χ3n) is 3.61. The van der Waals surface area contributed by atoms with Crippen LogP contribution in [-0.4, -0.2) is 51.4 Å². The fourth-order valence-corrected chi connectivity index (χ4v) is 4.20. The highest BCUT2D eigenvalue weighted by atomic mass is 32.2. The van der Waals surface area contributed by atoms with Crippen LogP contribution in [0.3, 0.4) is 0 Å². The number of hydrogen-bond acceptors (Lipinski definition) is 5. The number of anilines is 1. The molecule has 1 unspecified atom stereocenters. The van der Waals surface area contributed by atoms with Gasteiger partial charge in [-0.3, -0.25) is 9.59 Å². The highest BCUT2D eigenvalue weighted by Crippen LogP contribution is 2.28. The van der Waals surface area contributed by atoms with Crippen LogP contribution >= 0.6 is 23.5 Å². The van der Waals surface area contributed by atoms with Crippen LogP contribution in [0.5, 0.6) is 0 Å². The molecular weight excluding hydrogens is 348 g/mol. The van der Waals surface area contributed by atoms with Crippen molar-refractivity contribution in [2.45, 2.75) is 18.9 Å². The van der Waals surface area contributed by atoms with Gasteiger partial charge in [0.05, 0.1) is 11.5 Å². The second-order valence-electron chi connectivity index (χ2n) is 5.65. The molecule has 3 N–H and O–H groups in total. The lowest BCUT2D eigenvalue weighted by Crippen LogP contribution is -2.55. The zero-order chi connectivity index (χ0) is 17.6. The van der Waals surface area contributed by atoms with E-state index < -0.39 is 11.5 Å². The molecule has 6 nitrogen and oxygen atoms in total. The fraction of sp³-hybridized carbons (Fsp3) is 0.438. The molecule has 130 valence electrons. The molecule has 0 bridgehead atoms. The van der Waals surface area contributed by atoms with E-state index >= 15 is 0 Å². The van der Waals surface area contributed by atoms with Gasteiger partial charge in [0.1, 0.15) is 5.54 Å². The summed E-state index contributed by atoms with van der Waals surface area (Å²) >= 11 is 2.68. The van der Waals surface area contributed by atoms with Gasteiger partial charge in [0.2, 0.25) is 11.8 Å². The molecular formula is C16H20N2O4S2. The molecule has 1 atom stereocenters. The highest BCUT2D eigenvalue weighted by molar-refractivity contribution is 8.00. The molecule has 1 aliphatic heterocycles. The summed E-state index contributed by atoms with van der Waals surface area (Å²) < 4.78 is 0. The van der Waals surface area contributed by atoms with E-state index in [1.165, 1.54) is 11.8 Å². The standard InChI is InChI=1S/C16H20N2O4S2/c1-11-2-4-12(5-3-11)17-13(19)8-24-9-14(20)18-16(15(21)22)6-7-23-10-16/h2-5H,6-10H2,1H3,(H,17,19)(H,18,20)(H,21,22). The molecule has 8 heteroatoms. The van der Waals surface area contributed by atoms with Crippen molar-refractivity contribution < 1.29 is 19.5 Å². The van der Waals surface area contributed by atoms with Crippen LogP contribution < -0.4 is 10.6 Å². The van der Waals surface area contributed by atoms with Gasteiger partial charge in [-0.05, 0) is 31.2 Å². The lowest BCUT2D eigenvalue weighted by Gasteiger charge is -2.24. The summed E-state index contributed by atoms with van der Waals surface area (Å²) in [7, 11) is 0. The third kappa shape index (κ3) is 5.17. The third-order valence-corrected chi connectivity index (χ3v) is 5.73. The first-order chi connectivity index (χ1) is 11.4. The Balaban J connectivity index is 1.73. The SMILES string of the molecule is Cc1ccc(NC(=O)CSCC(=O)NC2(C(=O)O)CCSC2)cc1. The van der Waals surface area contributed by atoms with E-state index in [1.54, 1.807) is 0 Å². The van der Waals surface area contributed by atoms with E-state index in [0.717, 1.165) is 23.1 Å². The summed E-state index contributed by atoms with van der Waals surface area (Å²) in [6, 6.07) is 7.44. The van der Waals surface area contributed by atoms with Crippen molar-refractivity contribution in [3.63, 3.8) is 0 Å². The van der Waals surface area contributed by atoms with Gasteiger partial charge >= 0.3 is 5.97 Å². The van der Waals surface area contributed by atoms with Gasteiger partial charge in [-0.25, -0.2) is 4.79 Å². The number of rotatable bonds is 7. The molecule has 1 heterocycles. The fourth-order valence-electron chi connectivity index (χ4n) is 2.26. The molecule has 1 aliphatic rings. The Morgan fingerprint density at radius 3 is 2.46 bits per heavy atom. The average molecular weight is 368 g/mol. The number of carboxylic acid groups (broad SMARTS) is 1. The summed E-state index contributed by atoms with van der Waals surface area (Å²) in [5.41, 5.74) is 0.659. The second kappa shape index (κ2) is 8.43. The van der Waals surface area contributed by atoms with Gasteiger partial charge in [-0.2, -0.15) is 11.8 Å². The van der Waals surface area contributed by atoms with Gasteiger partial charge in [0.15, 0.2) is 0 Å². The molecule has 1 fully saturated rings. The van der Waals surface area contributed by atoms with Crippen molar-refractivity contribution in [3.8, 4) is 0 Å². The summed E-state index contributed by atoms with van der Waals surface area (Å²) in [6.45, 7) is 1.97. The smallest absolute Gasteiger partial charge is 0.330 e. The summed E-state index contributed by atoms with van der Waals surface area (Å²) in [4.78, 5) is 35.2. The summed E-state index contributed by atoms with van der Waals surface area (Å²) in [5.74, 6) is -0.250. The highest BCUT2D eigenvalue weighted by Gasteiger charge is 2.43. The molecule has 0 aromatic heterocycles. The van der Waals surface area contributed by atoms with Crippen molar-refractivity contribution >= 4 is 47.0 Å². The van der Waals surface area contributed by atoms with Gasteiger partial charge < -0.3 is 15.7 Å². The number of carbonyl (C=O) groups is 3. The van der Waals surface area contributed by atoms with Crippen LogP contribution in [0.25, 0.3) is 0 Å². The minimum atomic E-state index is -1.16. The quantitative estimate of drug-likeness (QED) is 0.679. The Labute approximate surface area is 149 Å². The number of thioether (sulfide) groups is 2. The Kier molecular flexibility index (Phi) is 6.56. The average Bonchev–Trinajstić information content (AvgIpc) is 2.99. The van der Waals surface area contributed by atoms with Crippen molar-refractivity contribution in [3.05, 3.63) is 29.8 Å². The minimum Gasteiger partial charge on any atom is -0.479 e. The Bertz CT molecular complexity index is 613. The van der Waals surface area contributed by atoms with E-state index in [4.69, 9.17) is 0 Å². The first-order valence-corrected chi connectivity index (χ1v) is 9.79. The second-order valence-corrected chi connectivity index (χ2v) is 7.74. The summed E-state index contributed by atoms with van der Waals surface area (Å²) in [5, 5.41) is 14.7. The topological polar surface area (TPSA) is 95.5 Å². The molecule has 1 aromatic rings. The number of carbonyl (C=O) groups excluding carboxylic acids is 2. The monoisotopic (exact) mass is 368 g/mol. The van der Waals surface area contributed by atoms with E-state index in [1.807, 2.05) is 31.2 Å². The lowest BCUT2D eigenvalue weighted by atomic mass is 9.99. The zero-order valence-electron chi connectivity index (χ0n) is 13.3. The number of benzene rings is 1. The van der Waals surface area contributed by atoms with Gasteiger partial charge in [-0.1, -0.05) is 17.7 Å². The van der Waals surface area contributed by atoms with Crippen LogP contribution in [0, 0.1) is 6.92 Å². The van der Waals surface area contributed by atoms with Crippen molar-refractivity contribution in [1.29, 1.82) is 0 Å².